The molecule has 0 spiro atoms. The fourth-order valence-electron chi connectivity index (χ4n) is 3.86. The molecule has 2 aliphatic rings. The van der Waals surface area contributed by atoms with Gasteiger partial charge in [-0.1, -0.05) is 55.5 Å². The summed E-state index contributed by atoms with van der Waals surface area (Å²) >= 11 is 4.03. The molecule has 1 fully saturated rings. The van der Waals surface area contributed by atoms with E-state index >= 15 is 0 Å². The van der Waals surface area contributed by atoms with Crippen LogP contribution in [0.15, 0.2) is 48.5 Å². The Balaban J connectivity index is 0.000000188. The molecule has 2 aliphatic heterocycles. The number of aliphatic carboxylic acids is 1. The highest BCUT2D eigenvalue weighted by Gasteiger charge is 2.35. The molecule has 0 aliphatic carbocycles. The number of urea groups is 1. The summed E-state index contributed by atoms with van der Waals surface area (Å²) in [7, 11) is 0. The molecule has 1 saturated heterocycles. The zero-order valence-corrected chi connectivity index (χ0v) is 18.7. The molecule has 0 unspecified atom stereocenters. The quantitative estimate of drug-likeness (QED) is 0.611. The molecule has 3 amide bonds. The van der Waals surface area contributed by atoms with E-state index in [0.29, 0.717) is 18.7 Å². The number of carboxylic acids is 1. The number of benzene rings is 2. The van der Waals surface area contributed by atoms with Crippen LogP contribution in [0.2, 0.25) is 0 Å². The number of rotatable bonds is 3. The molecule has 0 aromatic heterocycles. The molecule has 168 valence electrons. The number of fused-ring (bicyclic) bond motifs is 2. The van der Waals surface area contributed by atoms with Crippen molar-refractivity contribution in [3.63, 3.8) is 0 Å². The molecule has 0 radical (unpaired) electrons. The minimum Gasteiger partial charge on any atom is -0.480 e. The lowest BCUT2D eigenvalue weighted by molar-refractivity contribution is -0.149. The summed E-state index contributed by atoms with van der Waals surface area (Å²) in [6, 6.07) is 14.3. The van der Waals surface area contributed by atoms with Gasteiger partial charge in [-0.15, -0.1) is 0 Å². The first-order valence-electron chi connectivity index (χ1n) is 10.4. The zero-order chi connectivity index (χ0) is 23.3. The smallest absolute Gasteiger partial charge is 0.326 e. The number of primary amides is 1. The van der Waals surface area contributed by atoms with Gasteiger partial charge in [-0.25, -0.2) is 9.59 Å². The van der Waals surface area contributed by atoms with Crippen LogP contribution in [0.5, 0.6) is 0 Å². The second-order valence-electron chi connectivity index (χ2n) is 7.74. The molecule has 3 N–H and O–H groups in total. The summed E-state index contributed by atoms with van der Waals surface area (Å²) in [5, 5.41) is 8.87. The van der Waals surface area contributed by atoms with E-state index in [1.807, 2.05) is 60.7 Å². The zero-order valence-electron chi connectivity index (χ0n) is 17.8. The Morgan fingerprint density at radius 1 is 1.06 bits per heavy atom. The first-order valence-corrected chi connectivity index (χ1v) is 11.1. The molecule has 2 heterocycles. The molecule has 8 heteroatoms. The first-order chi connectivity index (χ1) is 15.3. The molecule has 32 heavy (non-hydrogen) atoms. The molecular weight excluding hydrogens is 426 g/mol. The predicted octanol–water partition coefficient (Wildman–Crippen LogP) is 4.02. The highest BCUT2D eigenvalue weighted by Crippen LogP contribution is 2.35. The van der Waals surface area contributed by atoms with Crippen LogP contribution in [0.25, 0.3) is 12.2 Å². The number of hydrogen-bond acceptors (Lipinski definition) is 4. The lowest BCUT2D eigenvalue weighted by Gasteiger charge is -2.24. The number of thiol groups is 1. The predicted molar refractivity (Wildman–Crippen MR) is 129 cm³/mol. The molecule has 4 rings (SSSR count). The van der Waals surface area contributed by atoms with E-state index in [4.69, 9.17) is 10.8 Å². The van der Waals surface area contributed by atoms with Crippen molar-refractivity contribution in [2.24, 2.45) is 11.7 Å². The van der Waals surface area contributed by atoms with E-state index in [9.17, 15) is 14.4 Å². The van der Waals surface area contributed by atoms with E-state index < -0.39 is 18.0 Å². The van der Waals surface area contributed by atoms with Crippen LogP contribution < -0.4 is 10.6 Å². The minimum atomic E-state index is -0.901. The van der Waals surface area contributed by atoms with Gasteiger partial charge in [0.1, 0.15) is 6.04 Å². The van der Waals surface area contributed by atoms with E-state index in [2.05, 4.69) is 12.6 Å². The van der Waals surface area contributed by atoms with Crippen molar-refractivity contribution in [3.8, 4) is 0 Å². The number of carbonyl (C=O) groups excluding carboxylic acids is 2. The summed E-state index contributed by atoms with van der Waals surface area (Å²) in [6.45, 7) is 2.33. The van der Waals surface area contributed by atoms with Gasteiger partial charge in [0, 0.05) is 18.2 Å². The number of amides is 3. The van der Waals surface area contributed by atoms with E-state index in [0.717, 1.165) is 28.9 Å². The summed E-state index contributed by atoms with van der Waals surface area (Å²) in [6.07, 6.45) is 5.34. The number of carbonyl (C=O) groups is 3. The summed E-state index contributed by atoms with van der Waals surface area (Å²) in [5.74, 6) is -0.729. The third kappa shape index (κ3) is 4.96. The van der Waals surface area contributed by atoms with Crippen LogP contribution in [0, 0.1) is 5.92 Å². The van der Waals surface area contributed by atoms with Crippen LogP contribution in [-0.2, 0) is 9.59 Å². The average molecular weight is 454 g/mol. The van der Waals surface area contributed by atoms with Crippen molar-refractivity contribution >= 4 is 54.1 Å². The van der Waals surface area contributed by atoms with Crippen LogP contribution >= 0.6 is 12.6 Å². The van der Waals surface area contributed by atoms with Crippen molar-refractivity contribution < 1.29 is 19.5 Å². The second kappa shape index (κ2) is 10.4. The normalized spacial score (nSPS) is 17.4. The maximum absolute atomic E-state index is 11.8. The minimum absolute atomic E-state index is 0.0927. The van der Waals surface area contributed by atoms with Gasteiger partial charge < -0.3 is 15.7 Å². The van der Waals surface area contributed by atoms with Crippen molar-refractivity contribution in [1.29, 1.82) is 0 Å². The fraction of sp³-hybridized carbons (Fsp3) is 0.292. The van der Waals surface area contributed by atoms with E-state index in [1.165, 1.54) is 4.90 Å². The third-order valence-electron chi connectivity index (χ3n) is 5.53. The number of nitrogens with two attached hydrogens (primary N) is 1. The van der Waals surface area contributed by atoms with Crippen molar-refractivity contribution in [2.75, 3.05) is 17.2 Å². The monoisotopic (exact) mass is 453 g/mol. The second-order valence-corrected chi connectivity index (χ2v) is 8.10. The summed E-state index contributed by atoms with van der Waals surface area (Å²) in [4.78, 5) is 37.3. The van der Waals surface area contributed by atoms with Gasteiger partial charge in [-0.2, -0.15) is 12.6 Å². The van der Waals surface area contributed by atoms with Crippen LogP contribution in [0.4, 0.5) is 16.2 Å². The van der Waals surface area contributed by atoms with Gasteiger partial charge in [0.15, 0.2) is 0 Å². The van der Waals surface area contributed by atoms with Crippen LogP contribution in [0.1, 0.15) is 30.9 Å². The lowest BCUT2D eigenvalue weighted by Crippen LogP contribution is -2.43. The molecule has 7 nitrogen and oxygen atoms in total. The first kappa shape index (κ1) is 23.4. The Labute approximate surface area is 192 Å². The fourth-order valence-corrected chi connectivity index (χ4v) is 4.02. The Morgan fingerprint density at radius 2 is 1.59 bits per heavy atom. The number of carboxylic acid groups (broad SMARTS) is 1. The molecule has 2 aromatic rings. The molecule has 2 aromatic carbocycles. The van der Waals surface area contributed by atoms with Gasteiger partial charge in [-0.3, -0.25) is 9.69 Å². The summed E-state index contributed by atoms with van der Waals surface area (Å²) < 4.78 is 0. The third-order valence-corrected chi connectivity index (χ3v) is 6.08. The Bertz CT molecular complexity index is 990. The SMILES string of the molecule is C[C@H](CS)C(=O)N1CCC[C@H]1C(=O)O.NC(=O)N1c2ccccc2C=Cc2ccccc21. The Hall–Kier alpha value is -3.26. The molecule has 0 saturated carbocycles. The lowest BCUT2D eigenvalue weighted by atomic mass is 10.1. The van der Waals surface area contributed by atoms with Gasteiger partial charge in [0.2, 0.25) is 5.91 Å². The Morgan fingerprint density at radius 3 is 2.06 bits per heavy atom. The van der Waals surface area contributed by atoms with Crippen molar-refractivity contribution in [1.82, 2.24) is 4.90 Å². The highest BCUT2D eigenvalue weighted by atomic mass is 32.1. The van der Waals surface area contributed by atoms with Gasteiger partial charge in [0.25, 0.3) is 0 Å². The maximum atomic E-state index is 11.8. The largest absolute Gasteiger partial charge is 0.480 e. The van der Waals surface area contributed by atoms with Gasteiger partial charge in [0.05, 0.1) is 11.4 Å². The molecular formula is C24H27N3O4S. The Kier molecular flexibility index (Phi) is 7.58. The number of anilines is 2. The highest BCUT2D eigenvalue weighted by molar-refractivity contribution is 7.80. The molecule has 0 bridgehead atoms. The van der Waals surface area contributed by atoms with E-state index in [1.54, 1.807) is 11.8 Å². The molecule has 2 atom stereocenters. The number of nitrogens with zero attached hydrogens (tertiary/aromatic N) is 2. The van der Waals surface area contributed by atoms with Gasteiger partial charge in [-0.05, 0) is 36.1 Å². The standard InChI is InChI=1S/C15H12N2O.C9H15NO3S/c16-15(18)17-13-7-3-1-5-11(13)9-10-12-6-2-4-8-14(12)17;1-6(5-14)8(11)10-4-2-3-7(10)9(12)13/h1-10H,(H2,16,18);6-7,14H,2-5H2,1H3,(H,12,13)/t;6-,7+/m.1/s1. The van der Waals surface area contributed by atoms with Crippen LogP contribution in [0.3, 0.4) is 0 Å². The van der Waals surface area contributed by atoms with Gasteiger partial charge >= 0.3 is 12.0 Å². The maximum Gasteiger partial charge on any atom is 0.326 e. The number of hydrogen-bond donors (Lipinski definition) is 3. The number of likely N-dealkylation sites (tertiary alicyclic amines) is 1. The topological polar surface area (TPSA) is 104 Å². The van der Waals surface area contributed by atoms with E-state index in [-0.39, 0.29) is 11.8 Å². The van der Waals surface area contributed by atoms with Crippen molar-refractivity contribution in [2.45, 2.75) is 25.8 Å². The van der Waals surface area contributed by atoms with Crippen molar-refractivity contribution in [3.05, 3.63) is 59.7 Å². The average Bonchev–Trinajstić information content (AvgIpc) is 3.22. The summed E-state index contributed by atoms with van der Waals surface area (Å²) in [5.41, 5.74) is 9.11. The number of para-hydroxylation sites is 2. The van der Waals surface area contributed by atoms with Crippen LogP contribution in [-0.4, -0.2) is 46.3 Å².